The minimum Gasteiger partial charge on any atom is -0.497 e. The van der Waals surface area contributed by atoms with Crippen LogP contribution in [0.4, 0.5) is 0 Å². The van der Waals surface area contributed by atoms with E-state index in [2.05, 4.69) is 15.9 Å². The van der Waals surface area contributed by atoms with Crippen molar-refractivity contribution in [1.29, 1.82) is 0 Å². The topological polar surface area (TPSA) is 55.5 Å². The van der Waals surface area contributed by atoms with Crippen LogP contribution in [0.5, 0.6) is 5.75 Å². The van der Waals surface area contributed by atoms with E-state index in [0.717, 1.165) is 15.8 Å². The second-order valence-electron chi connectivity index (χ2n) is 3.01. The largest absolute Gasteiger partial charge is 0.497 e. The highest BCUT2D eigenvalue weighted by Gasteiger charge is 2.10. The summed E-state index contributed by atoms with van der Waals surface area (Å²) in [7, 11) is 1.62. The molecule has 3 nitrogen and oxygen atoms in total. The van der Waals surface area contributed by atoms with Crippen molar-refractivity contribution in [2.75, 3.05) is 13.7 Å². The van der Waals surface area contributed by atoms with Gasteiger partial charge in [-0.1, -0.05) is 15.9 Å². The molecule has 0 aromatic heterocycles. The number of hydrogen-bond acceptors (Lipinski definition) is 3. The average Bonchev–Trinajstić information content (AvgIpc) is 2.19. The first-order valence-corrected chi connectivity index (χ1v) is 5.18. The second-order valence-corrected chi connectivity index (χ2v) is 3.86. The third-order valence-electron chi connectivity index (χ3n) is 2.04. The van der Waals surface area contributed by atoms with Crippen LogP contribution in [0.2, 0.25) is 0 Å². The Morgan fingerprint density at radius 2 is 2.20 bits per heavy atom. The Labute approximate surface area is 104 Å². The normalized spacial score (nSPS) is 11.7. The summed E-state index contributed by atoms with van der Waals surface area (Å²) in [5.74, 6) is 0.775. The summed E-state index contributed by atoms with van der Waals surface area (Å²) in [5, 5.41) is 8.79. The summed E-state index contributed by atoms with van der Waals surface area (Å²) in [5.41, 5.74) is 6.84. The predicted octanol–water partition coefficient (Wildman–Crippen LogP) is 2.26. The molecule has 0 amide bonds. The number of hydrogen-bond donors (Lipinski definition) is 2. The molecule has 0 radical (unpaired) electrons. The zero-order valence-electron chi connectivity index (χ0n) is 8.44. The number of aliphatic hydroxyl groups is 1. The van der Waals surface area contributed by atoms with Gasteiger partial charge in [-0.3, -0.25) is 0 Å². The van der Waals surface area contributed by atoms with Crippen molar-refractivity contribution >= 4 is 28.3 Å². The fourth-order valence-electron chi connectivity index (χ4n) is 1.23. The summed E-state index contributed by atoms with van der Waals surface area (Å²) < 4.78 is 6.04. The van der Waals surface area contributed by atoms with E-state index in [0.29, 0.717) is 6.42 Å². The molecule has 1 rings (SSSR count). The van der Waals surface area contributed by atoms with Crippen molar-refractivity contribution < 1.29 is 9.84 Å². The SMILES string of the molecule is COc1ccc(Br)c([C@H](N)CCO)c1.Cl. The van der Waals surface area contributed by atoms with Gasteiger partial charge in [-0.15, -0.1) is 12.4 Å². The zero-order valence-corrected chi connectivity index (χ0v) is 10.8. The molecule has 86 valence electrons. The van der Waals surface area contributed by atoms with E-state index in [1.54, 1.807) is 7.11 Å². The van der Waals surface area contributed by atoms with Crippen LogP contribution in [0.1, 0.15) is 18.0 Å². The Kier molecular flexibility index (Phi) is 6.92. The maximum absolute atomic E-state index is 8.79. The average molecular weight is 297 g/mol. The highest BCUT2D eigenvalue weighted by Crippen LogP contribution is 2.27. The van der Waals surface area contributed by atoms with E-state index < -0.39 is 0 Å². The number of benzene rings is 1. The molecule has 0 saturated carbocycles. The smallest absolute Gasteiger partial charge is 0.119 e. The maximum Gasteiger partial charge on any atom is 0.119 e. The lowest BCUT2D eigenvalue weighted by Gasteiger charge is -2.13. The van der Waals surface area contributed by atoms with Crippen molar-refractivity contribution in [1.82, 2.24) is 0 Å². The van der Waals surface area contributed by atoms with E-state index in [4.69, 9.17) is 15.6 Å². The number of methoxy groups -OCH3 is 1. The molecule has 0 fully saturated rings. The molecule has 15 heavy (non-hydrogen) atoms. The van der Waals surface area contributed by atoms with Gasteiger partial charge in [0.05, 0.1) is 7.11 Å². The van der Waals surface area contributed by atoms with Gasteiger partial charge in [0.25, 0.3) is 0 Å². The van der Waals surface area contributed by atoms with Crippen LogP contribution in [0, 0.1) is 0 Å². The number of halogens is 2. The van der Waals surface area contributed by atoms with Gasteiger partial charge in [-0.05, 0) is 30.2 Å². The quantitative estimate of drug-likeness (QED) is 0.896. The van der Waals surface area contributed by atoms with Crippen LogP contribution < -0.4 is 10.5 Å². The molecule has 0 aliphatic rings. The van der Waals surface area contributed by atoms with Crippen LogP contribution in [0.25, 0.3) is 0 Å². The third kappa shape index (κ3) is 3.99. The zero-order chi connectivity index (χ0) is 10.6. The fourth-order valence-corrected chi connectivity index (χ4v) is 1.77. The monoisotopic (exact) mass is 295 g/mol. The van der Waals surface area contributed by atoms with Crippen LogP contribution in [0.15, 0.2) is 22.7 Å². The van der Waals surface area contributed by atoms with Crippen LogP contribution in [-0.4, -0.2) is 18.8 Å². The molecule has 1 aromatic rings. The van der Waals surface area contributed by atoms with Crippen LogP contribution >= 0.6 is 28.3 Å². The van der Waals surface area contributed by atoms with Gasteiger partial charge in [0, 0.05) is 17.1 Å². The van der Waals surface area contributed by atoms with Gasteiger partial charge < -0.3 is 15.6 Å². The minimum absolute atomic E-state index is 0. The number of rotatable bonds is 4. The van der Waals surface area contributed by atoms with E-state index in [1.807, 2.05) is 18.2 Å². The standard InChI is InChI=1S/C10H14BrNO2.ClH/c1-14-7-2-3-9(11)8(6-7)10(12)4-5-13;/h2-3,6,10,13H,4-5,12H2,1H3;1H/t10-;/m1./s1. The maximum atomic E-state index is 8.79. The summed E-state index contributed by atoms with van der Waals surface area (Å²) in [6.07, 6.45) is 0.547. The van der Waals surface area contributed by atoms with Gasteiger partial charge in [0.15, 0.2) is 0 Å². The lowest BCUT2D eigenvalue weighted by Crippen LogP contribution is -2.12. The molecule has 3 N–H and O–H groups in total. The number of ether oxygens (including phenoxy) is 1. The lowest BCUT2D eigenvalue weighted by molar-refractivity contribution is 0.276. The molecule has 0 unspecified atom stereocenters. The number of nitrogens with two attached hydrogens (primary N) is 1. The Morgan fingerprint density at radius 3 is 2.73 bits per heavy atom. The minimum atomic E-state index is -0.163. The molecule has 0 bridgehead atoms. The molecule has 0 aliphatic carbocycles. The third-order valence-corrected chi connectivity index (χ3v) is 2.76. The molecular formula is C10H15BrClNO2. The highest BCUT2D eigenvalue weighted by molar-refractivity contribution is 9.10. The summed E-state index contributed by atoms with van der Waals surface area (Å²) in [6, 6.07) is 5.47. The van der Waals surface area contributed by atoms with Crippen LogP contribution in [-0.2, 0) is 0 Å². The molecule has 0 spiro atoms. The van der Waals surface area contributed by atoms with E-state index in [1.165, 1.54) is 0 Å². The van der Waals surface area contributed by atoms with Crippen molar-refractivity contribution in [2.45, 2.75) is 12.5 Å². The van der Waals surface area contributed by atoms with E-state index >= 15 is 0 Å². The summed E-state index contributed by atoms with van der Waals surface area (Å²) in [4.78, 5) is 0. The molecule has 0 heterocycles. The Bertz CT molecular complexity index is 309. The molecule has 5 heteroatoms. The number of aliphatic hydroxyl groups excluding tert-OH is 1. The fraction of sp³-hybridized carbons (Fsp3) is 0.400. The molecule has 0 saturated heterocycles. The van der Waals surface area contributed by atoms with Gasteiger partial charge in [0.2, 0.25) is 0 Å². The molecule has 0 aliphatic heterocycles. The molecular weight excluding hydrogens is 281 g/mol. The van der Waals surface area contributed by atoms with Crippen molar-refractivity contribution in [3.05, 3.63) is 28.2 Å². The lowest BCUT2D eigenvalue weighted by atomic mass is 10.1. The van der Waals surface area contributed by atoms with Gasteiger partial charge in [-0.2, -0.15) is 0 Å². The Hall–Kier alpha value is -0.290. The van der Waals surface area contributed by atoms with Gasteiger partial charge in [-0.25, -0.2) is 0 Å². The first kappa shape index (κ1) is 14.7. The Balaban J connectivity index is 0.00000196. The van der Waals surface area contributed by atoms with Crippen molar-refractivity contribution in [3.63, 3.8) is 0 Å². The van der Waals surface area contributed by atoms with Crippen molar-refractivity contribution in [2.24, 2.45) is 5.73 Å². The highest BCUT2D eigenvalue weighted by atomic mass is 79.9. The Morgan fingerprint density at radius 1 is 1.53 bits per heavy atom. The second kappa shape index (κ2) is 7.06. The molecule has 1 aromatic carbocycles. The van der Waals surface area contributed by atoms with Gasteiger partial charge >= 0.3 is 0 Å². The summed E-state index contributed by atoms with van der Waals surface area (Å²) in [6.45, 7) is 0.0881. The first-order chi connectivity index (χ1) is 6.69. The van der Waals surface area contributed by atoms with Gasteiger partial charge in [0.1, 0.15) is 5.75 Å². The van der Waals surface area contributed by atoms with E-state index in [-0.39, 0.29) is 25.1 Å². The van der Waals surface area contributed by atoms with Crippen molar-refractivity contribution in [3.8, 4) is 5.75 Å². The van der Waals surface area contributed by atoms with E-state index in [9.17, 15) is 0 Å². The summed E-state index contributed by atoms with van der Waals surface area (Å²) >= 11 is 3.41. The predicted molar refractivity (Wildman–Crippen MR) is 66.6 cm³/mol. The molecule has 1 atom stereocenters. The van der Waals surface area contributed by atoms with Crippen LogP contribution in [0.3, 0.4) is 0 Å². The first-order valence-electron chi connectivity index (χ1n) is 4.39.